The summed E-state index contributed by atoms with van der Waals surface area (Å²) >= 11 is 6.51. The van der Waals surface area contributed by atoms with Gasteiger partial charge in [-0.1, -0.05) is 28.9 Å². The molecule has 1 aliphatic rings. The first-order valence-electron chi connectivity index (χ1n) is 14.3. The lowest BCUT2D eigenvalue weighted by Crippen LogP contribution is -2.49. The van der Waals surface area contributed by atoms with Gasteiger partial charge >= 0.3 is 0 Å². The summed E-state index contributed by atoms with van der Waals surface area (Å²) in [6.45, 7) is 2.97. The third-order valence-corrected chi connectivity index (χ3v) is 9.36. The molecule has 0 spiro atoms. The standard InChI is InChI=1S/C31H31ClN6O8S/c1-19-28(29(34-46-19)22-7-5-6-8-27(22)45-3)31(40)37-15-13-36(14-16-37)25-18-24(26(38(41)42)17-23(25)32)33-30(39)20-9-11-21(12-10-20)35(2)47(4,43)44/h5-12,17-18H,13-16H2,1-4H3,(H,33,39). The van der Waals surface area contributed by atoms with Crippen molar-refractivity contribution in [3.05, 3.63) is 92.7 Å². The largest absolute Gasteiger partial charge is 0.496 e. The molecule has 16 heteroatoms. The molecule has 1 N–H and O–H groups in total. The number of amides is 2. The molecule has 14 nitrogen and oxygen atoms in total. The summed E-state index contributed by atoms with van der Waals surface area (Å²) in [5.41, 5.74) is 1.80. The SMILES string of the molecule is COc1ccccc1-c1noc(C)c1C(=O)N1CCN(c2cc(NC(=O)c3ccc(N(C)S(C)(=O)=O)cc3)c([N+](=O)[O-])cc2Cl)CC1. The number of hydrogen-bond donors (Lipinski definition) is 1. The van der Waals surface area contributed by atoms with Crippen molar-refractivity contribution in [3.63, 3.8) is 0 Å². The number of ether oxygens (including phenoxy) is 1. The van der Waals surface area contributed by atoms with Crippen LogP contribution in [0.1, 0.15) is 26.5 Å². The zero-order chi connectivity index (χ0) is 34.0. The minimum Gasteiger partial charge on any atom is -0.496 e. The van der Waals surface area contributed by atoms with Crippen molar-refractivity contribution in [2.45, 2.75) is 6.92 Å². The molecule has 246 valence electrons. The Labute approximate surface area is 275 Å². The number of sulfonamides is 1. The van der Waals surface area contributed by atoms with Gasteiger partial charge in [0.15, 0.2) is 0 Å². The number of carbonyl (C=O) groups excluding carboxylic acids is 2. The van der Waals surface area contributed by atoms with Gasteiger partial charge in [-0.15, -0.1) is 0 Å². The zero-order valence-electron chi connectivity index (χ0n) is 25.9. The number of methoxy groups -OCH3 is 1. The predicted molar refractivity (Wildman–Crippen MR) is 177 cm³/mol. The first kappa shape index (κ1) is 33.2. The number of carbonyl (C=O) groups is 2. The van der Waals surface area contributed by atoms with Gasteiger partial charge in [0.2, 0.25) is 10.0 Å². The Morgan fingerprint density at radius 3 is 2.36 bits per heavy atom. The van der Waals surface area contributed by atoms with E-state index >= 15 is 0 Å². The molecule has 1 aliphatic heterocycles. The maximum atomic E-state index is 13.7. The number of hydrogen-bond acceptors (Lipinski definition) is 10. The summed E-state index contributed by atoms with van der Waals surface area (Å²) < 4.78 is 35.6. The van der Waals surface area contributed by atoms with E-state index in [4.69, 9.17) is 20.9 Å². The molecule has 2 heterocycles. The van der Waals surface area contributed by atoms with Crippen LogP contribution in [0.15, 0.2) is 65.2 Å². The molecule has 5 rings (SSSR count). The first-order valence-corrected chi connectivity index (χ1v) is 16.5. The fourth-order valence-electron chi connectivity index (χ4n) is 5.21. The van der Waals surface area contributed by atoms with Gasteiger partial charge in [0.05, 0.1) is 34.7 Å². The third kappa shape index (κ3) is 6.85. The number of nitrogens with one attached hydrogen (secondary N) is 1. The molecular weight excluding hydrogens is 652 g/mol. The van der Waals surface area contributed by atoms with E-state index in [9.17, 15) is 28.1 Å². The fraction of sp³-hybridized carbons (Fsp3) is 0.258. The number of nitrogens with zero attached hydrogens (tertiary/aromatic N) is 5. The molecule has 1 aromatic heterocycles. The topological polar surface area (TPSA) is 168 Å². The van der Waals surface area contributed by atoms with Gasteiger partial charge < -0.3 is 24.4 Å². The molecule has 2 amide bonds. The van der Waals surface area contributed by atoms with E-state index < -0.39 is 26.5 Å². The van der Waals surface area contributed by atoms with Gasteiger partial charge in [-0.05, 0) is 49.4 Å². The van der Waals surface area contributed by atoms with E-state index in [1.807, 2.05) is 17.0 Å². The maximum absolute atomic E-state index is 13.7. The van der Waals surface area contributed by atoms with Crippen LogP contribution in [-0.2, 0) is 10.0 Å². The number of benzene rings is 3. The van der Waals surface area contributed by atoms with E-state index in [0.717, 1.165) is 10.6 Å². The van der Waals surface area contributed by atoms with Crippen LogP contribution in [-0.4, -0.2) is 81.8 Å². The Bertz CT molecular complexity index is 1960. The highest BCUT2D eigenvalue weighted by molar-refractivity contribution is 7.92. The van der Waals surface area contributed by atoms with Gasteiger partial charge in [0, 0.05) is 50.4 Å². The van der Waals surface area contributed by atoms with Crippen LogP contribution in [0.5, 0.6) is 5.75 Å². The van der Waals surface area contributed by atoms with E-state index in [2.05, 4.69) is 10.5 Å². The van der Waals surface area contributed by atoms with Crippen molar-refractivity contribution in [2.24, 2.45) is 0 Å². The second-order valence-electron chi connectivity index (χ2n) is 10.8. The quantitative estimate of drug-likeness (QED) is 0.191. The Balaban J connectivity index is 1.34. The van der Waals surface area contributed by atoms with Gasteiger partial charge in [0.1, 0.15) is 28.5 Å². The molecule has 0 bridgehead atoms. The van der Waals surface area contributed by atoms with Gasteiger partial charge in [-0.25, -0.2) is 8.42 Å². The van der Waals surface area contributed by atoms with Crippen LogP contribution < -0.4 is 19.3 Å². The maximum Gasteiger partial charge on any atom is 0.294 e. The molecule has 0 unspecified atom stereocenters. The summed E-state index contributed by atoms with van der Waals surface area (Å²) in [5.74, 6) is 0.0159. The molecular formula is C31H31ClN6O8S. The number of para-hydroxylation sites is 1. The number of nitro groups is 1. The van der Waals surface area contributed by atoms with E-state index in [1.54, 1.807) is 24.0 Å². The number of piperazine rings is 1. The van der Waals surface area contributed by atoms with Gasteiger partial charge in [-0.2, -0.15) is 0 Å². The molecule has 0 atom stereocenters. The molecule has 0 radical (unpaired) electrons. The average molecular weight is 683 g/mol. The lowest BCUT2D eigenvalue weighted by Gasteiger charge is -2.36. The molecule has 4 aromatic rings. The van der Waals surface area contributed by atoms with E-state index in [1.165, 1.54) is 50.6 Å². The number of aryl methyl sites for hydroxylation is 1. The Morgan fingerprint density at radius 2 is 1.74 bits per heavy atom. The number of nitro benzene ring substituents is 1. The molecule has 1 saturated heterocycles. The summed E-state index contributed by atoms with van der Waals surface area (Å²) in [4.78, 5) is 41.6. The van der Waals surface area contributed by atoms with Crippen LogP contribution in [0.4, 0.5) is 22.7 Å². The summed E-state index contributed by atoms with van der Waals surface area (Å²) in [6.07, 6.45) is 1.06. The summed E-state index contributed by atoms with van der Waals surface area (Å²) in [6, 6.07) is 15.6. The minimum atomic E-state index is -3.50. The summed E-state index contributed by atoms with van der Waals surface area (Å²) in [7, 11) is -0.586. The predicted octanol–water partition coefficient (Wildman–Crippen LogP) is 4.83. The highest BCUT2D eigenvalue weighted by atomic mass is 35.5. The monoisotopic (exact) mass is 682 g/mol. The number of anilines is 3. The van der Waals surface area contributed by atoms with Crippen molar-refractivity contribution in [1.82, 2.24) is 10.1 Å². The minimum absolute atomic E-state index is 0.0724. The highest BCUT2D eigenvalue weighted by Gasteiger charge is 2.31. The fourth-order valence-corrected chi connectivity index (χ4v) is 5.99. The highest BCUT2D eigenvalue weighted by Crippen LogP contribution is 2.38. The number of rotatable bonds is 9. The number of halogens is 1. The molecule has 1 fully saturated rings. The average Bonchev–Trinajstić information content (AvgIpc) is 3.45. The lowest BCUT2D eigenvalue weighted by molar-refractivity contribution is -0.383. The Kier molecular flexibility index (Phi) is 9.40. The molecule has 3 aromatic carbocycles. The van der Waals surface area contributed by atoms with Gasteiger partial charge in [0.25, 0.3) is 17.5 Å². The zero-order valence-corrected chi connectivity index (χ0v) is 27.5. The van der Waals surface area contributed by atoms with Crippen LogP contribution in [0.2, 0.25) is 5.02 Å². The van der Waals surface area contributed by atoms with Crippen molar-refractivity contribution < 1.29 is 32.2 Å². The van der Waals surface area contributed by atoms with Crippen LogP contribution in [0.3, 0.4) is 0 Å². The molecule has 47 heavy (non-hydrogen) atoms. The first-order chi connectivity index (χ1) is 22.3. The van der Waals surface area contributed by atoms with E-state index in [0.29, 0.717) is 65.9 Å². The third-order valence-electron chi connectivity index (χ3n) is 7.85. The van der Waals surface area contributed by atoms with Crippen molar-refractivity contribution in [3.8, 4) is 17.0 Å². The lowest BCUT2D eigenvalue weighted by atomic mass is 10.0. The second-order valence-corrected chi connectivity index (χ2v) is 13.2. The normalized spacial score (nSPS) is 13.3. The van der Waals surface area contributed by atoms with Crippen molar-refractivity contribution in [1.29, 1.82) is 0 Å². The smallest absolute Gasteiger partial charge is 0.294 e. The van der Waals surface area contributed by atoms with Gasteiger partial charge in [-0.3, -0.25) is 24.0 Å². The Morgan fingerprint density at radius 1 is 1.09 bits per heavy atom. The van der Waals surface area contributed by atoms with Crippen molar-refractivity contribution in [2.75, 3.05) is 61.1 Å². The molecule has 0 aliphatic carbocycles. The van der Waals surface area contributed by atoms with Crippen LogP contribution >= 0.6 is 11.6 Å². The Hall–Kier alpha value is -5.15. The van der Waals surface area contributed by atoms with Crippen molar-refractivity contribution >= 4 is 56.2 Å². The van der Waals surface area contributed by atoms with E-state index in [-0.39, 0.29) is 22.2 Å². The van der Waals surface area contributed by atoms with Crippen LogP contribution in [0, 0.1) is 17.0 Å². The number of aromatic nitrogens is 1. The summed E-state index contributed by atoms with van der Waals surface area (Å²) in [5, 5.41) is 18.7. The second kappa shape index (κ2) is 13.3. The molecule has 0 saturated carbocycles. The van der Waals surface area contributed by atoms with Crippen LogP contribution in [0.25, 0.3) is 11.3 Å².